The van der Waals surface area contributed by atoms with E-state index >= 15 is 0 Å². The van der Waals surface area contributed by atoms with Crippen LogP contribution in [-0.4, -0.2) is 36.5 Å². The van der Waals surface area contributed by atoms with E-state index in [0.717, 1.165) is 6.26 Å². The van der Waals surface area contributed by atoms with Crippen molar-refractivity contribution in [2.24, 2.45) is 7.05 Å². The molecular weight excluding hydrogens is 218 g/mol. The molecule has 0 bridgehead atoms. The first-order valence-electron chi connectivity index (χ1n) is 4.33. The van der Waals surface area contributed by atoms with Gasteiger partial charge in [0.15, 0.2) is 5.82 Å². The maximum atomic E-state index is 11.4. The Morgan fingerprint density at radius 3 is 2.80 bits per heavy atom. The van der Waals surface area contributed by atoms with Crippen LogP contribution < -0.4 is 10.9 Å². The van der Waals surface area contributed by atoms with Crippen molar-refractivity contribution in [2.75, 3.05) is 23.9 Å². The summed E-state index contributed by atoms with van der Waals surface area (Å²) in [5.74, 6) is 0.149. The Morgan fingerprint density at radius 2 is 2.20 bits per heavy atom. The van der Waals surface area contributed by atoms with Crippen LogP contribution in [0.25, 0.3) is 0 Å². The van der Waals surface area contributed by atoms with E-state index < -0.39 is 9.84 Å². The number of sulfone groups is 1. The highest BCUT2D eigenvalue weighted by Gasteiger charge is 2.04. The van der Waals surface area contributed by atoms with Crippen LogP contribution in [0.1, 0.15) is 0 Å². The standard InChI is InChI=1S/C8H13N3O3S/c1-11-5-3-9-7(8(11)12)10-4-6-15(2,13)14/h3,5H,4,6H2,1-2H3,(H,9,10). The molecule has 6 nitrogen and oxygen atoms in total. The normalized spacial score (nSPS) is 11.3. The van der Waals surface area contributed by atoms with Gasteiger partial charge in [0.2, 0.25) is 0 Å². The second kappa shape index (κ2) is 4.43. The summed E-state index contributed by atoms with van der Waals surface area (Å²) in [6.07, 6.45) is 4.15. The second-order valence-corrected chi connectivity index (χ2v) is 5.51. The zero-order chi connectivity index (χ0) is 11.5. The van der Waals surface area contributed by atoms with Gasteiger partial charge in [0, 0.05) is 32.2 Å². The van der Waals surface area contributed by atoms with Gasteiger partial charge in [-0.1, -0.05) is 0 Å². The molecule has 1 aromatic heterocycles. The highest BCUT2D eigenvalue weighted by molar-refractivity contribution is 7.90. The van der Waals surface area contributed by atoms with Gasteiger partial charge in [-0.2, -0.15) is 0 Å². The summed E-state index contributed by atoms with van der Waals surface area (Å²) in [6, 6.07) is 0. The first-order chi connectivity index (χ1) is 6.90. The van der Waals surface area contributed by atoms with Crippen LogP contribution in [0.4, 0.5) is 5.82 Å². The molecule has 0 amide bonds. The lowest BCUT2D eigenvalue weighted by Crippen LogP contribution is -2.24. The molecule has 0 saturated heterocycles. The summed E-state index contributed by atoms with van der Waals surface area (Å²) < 4.78 is 23.0. The van der Waals surface area contributed by atoms with E-state index in [1.54, 1.807) is 7.05 Å². The van der Waals surface area contributed by atoms with Gasteiger partial charge in [0.1, 0.15) is 9.84 Å². The van der Waals surface area contributed by atoms with E-state index in [9.17, 15) is 13.2 Å². The number of anilines is 1. The number of rotatable bonds is 4. The van der Waals surface area contributed by atoms with Gasteiger partial charge in [0.05, 0.1) is 5.75 Å². The summed E-state index contributed by atoms with van der Waals surface area (Å²) in [5, 5.41) is 2.69. The van der Waals surface area contributed by atoms with Gasteiger partial charge < -0.3 is 9.88 Å². The van der Waals surface area contributed by atoms with Crippen LogP contribution in [0.5, 0.6) is 0 Å². The fourth-order valence-electron chi connectivity index (χ4n) is 0.974. The minimum Gasteiger partial charge on any atom is -0.364 e. The molecule has 0 aliphatic heterocycles. The molecule has 15 heavy (non-hydrogen) atoms. The summed E-state index contributed by atoms with van der Waals surface area (Å²) in [5.41, 5.74) is -0.272. The van der Waals surface area contributed by atoms with Crippen molar-refractivity contribution in [1.82, 2.24) is 9.55 Å². The maximum absolute atomic E-state index is 11.4. The quantitative estimate of drug-likeness (QED) is 0.736. The zero-order valence-corrected chi connectivity index (χ0v) is 9.41. The van der Waals surface area contributed by atoms with Gasteiger partial charge >= 0.3 is 0 Å². The first kappa shape index (κ1) is 11.7. The summed E-state index contributed by atoms with van der Waals surface area (Å²) in [7, 11) is -1.41. The van der Waals surface area contributed by atoms with Crippen molar-refractivity contribution >= 4 is 15.7 Å². The number of aryl methyl sites for hydroxylation is 1. The smallest absolute Gasteiger partial charge is 0.293 e. The molecule has 1 aromatic rings. The van der Waals surface area contributed by atoms with Gasteiger partial charge in [-0.05, 0) is 0 Å². The van der Waals surface area contributed by atoms with Gasteiger partial charge in [0.25, 0.3) is 5.56 Å². The van der Waals surface area contributed by atoms with Gasteiger partial charge in [-0.15, -0.1) is 0 Å². The molecule has 0 atom stereocenters. The molecule has 84 valence electrons. The predicted molar refractivity (Wildman–Crippen MR) is 57.7 cm³/mol. The van der Waals surface area contributed by atoms with Crippen LogP contribution in [0.3, 0.4) is 0 Å². The van der Waals surface area contributed by atoms with E-state index in [1.165, 1.54) is 17.0 Å². The predicted octanol–water partition coefficient (Wildman–Crippen LogP) is -0.763. The Labute approximate surface area is 87.9 Å². The van der Waals surface area contributed by atoms with Crippen molar-refractivity contribution in [2.45, 2.75) is 0 Å². The highest BCUT2D eigenvalue weighted by atomic mass is 32.2. The Bertz CT molecular complexity index is 492. The molecule has 0 aliphatic rings. The molecule has 7 heteroatoms. The molecule has 0 aliphatic carbocycles. The fraction of sp³-hybridized carbons (Fsp3) is 0.500. The van der Waals surface area contributed by atoms with E-state index in [2.05, 4.69) is 10.3 Å². The van der Waals surface area contributed by atoms with Crippen LogP contribution in [0.2, 0.25) is 0 Å². The van der Waals surface area contributed by atoms with Crippen LogP contribution in [0, 0.1) is 0 Å². The number of aromatic nitrogens is 2. The Balaban J connectivity index is 2.67. The fourth-order valence-corrected chi connectivity index (χ4v) is 1.45. The summed E-state index contributed by atoms with van der Waals surface area (Å²) in [6.45, 7) is 0.186. The topological polar surface area (TPSA) is 81.1 Å². The molecule has 0 radical (unpaired) electrons. The average molecular weight is 231 g/mol. The van der Waals surface area contributed by atoms with Crippen molar-refractivity contribution < 1.29 is 8.42 Å². The second-order valence-electron chi connectivity index (χ2n) is 3.25. The Hall–Kier alpha value is -1.37. The summed E-state index contributed by atoms with van der Waals surface area (Å²) in [4.78, 5) is 15.2. The van der Waals surface area contributed by atoms with E-state index in [1.807, 2.05) is 0 Å². The van der Waals surface area contributed by atoms with Crippen molar-refractivity contribution in [3.63, 3.8) is 0 Å². The monoisotopic (exact) mass is 231 g/mol. The molecule has 0 fully saturated rings. The molecule has 1 N–H and O–H groups in total. The SMILES string of the molecule is Cn1ccnc(NCCS(C)(=O)=O)c1=O. The Morgan fingerprint density at radius 1 is 1.53 bits per heavy atom. The third kappa shape index (κ3) is 3.70. The number of hydrogen-bond acceptors (Lipinski definition) is 5. The van der Waals surface area contributed by atoms with Crippen LogP contribution in [0.15, 0.2) is 17.2 Å². The molecule has 0 unspecified atom stereocenters. The average Bonchev–Trinajstić information content (AvgIpc) is 2.10. The lowest BCUT2D eigenvalue weighted by atomic mass is 10.6. The largest absolute Gasteiger partial charge is 0.364 e. The van der Waals surface area contributed by atoms with Gasteiger partial charge in [-0.3, -0.25) is 4.79 Å². The van der Waals surface area contributed by atoms with Crippen molar-refractivity contribution in [1.29, 1.82) is 0 Å². The minimum absolute atomic E-state index is 0.0211. The Kier molecular flexibility index (Phi) is 3.46. The molecule has 0 aromatic carbocycles. The minimum atomic E-state index is -3.02. The molecule has 1 rings (SSSR count). The number of nitrogens with zero attached hydrogens (tertiary/aromatic N) is 2. The highest BCUT2D eigenvalue weighted by Crippen LogP contribution is 1.91. The van der Waals surface area contributed by atoms with E-state index in [-0.39, 0.29) is 23.7 Å². The van der Waals surface area contributed by atoms with Crippen molar-refractivity contribution in [3.8, 4) is 0 Å². The van der Waals surface area contributed by atoms with Gasteiger partial charge in [-0.25, -0.2) is 13.4 Å². The third-order valence-corrected chi connectivity index (χ3v) is 2.73. The lowest BCUT2D eigenvalue weighted by Gasteiger charge is -2.04. The van der Waals surface area contributed by atoms with Crippen LogP contribution >= 0.6 is 0 Å². The lowest BCUT2D eigenvalue weighted by molar-refractivity contribution is 0.602. The molecule has 1 heterocycles. The number of nitrogens with one attached hydrogen (secondary N) is 1. The molecule has 0 saturated carbocycles. The third-order valence-electron chi connectivity index (χ3n) is 1.78. The maximum Gasteiger partial charge on any atom is 0.293 e. The van der Waals surface area contributed by atoms with E-state index in [0.29, 0.717) is 0 Å². The number of hydrogen-bond donors (Lipinski definition) is 1. The summed E-state index contributed by atoms with van der Waals surface area (Å²) >= 11 is 0. The first-order valence-corrected chi connectivity index (χ1v) is 6.39. The molecular formula is C8H13N3O3S. The molecule has 0 spiro atoms. The van der Waals surface area contributed by atoms with Crippen molar-refractivity contribution in [3.05, 3.63) is 22.7 Å². The van der Waals surface area contributed by atoms with Crippen LogP contribution in [-0.2, 0) is 16.9 Å². The van der Waals surface area contributed by atoms with E-state index in [4.69, 9.17) is 0 Å². The zero-order valence-electron chi connectivity index (χ0n) is 8.60.